The third kappa shape index (κ3) is 2.09. The molecule has 0 bridgehead atoms. The third-order valence-corrected chi connectivity index (χ3v) is 7.01. The van der Waals surface area contributed by atoms with Crippen LogP contribution in [0.1, 0.15) is 27.8 Å². The molecule has 2 heteroatoms. The van der Waals surface area contributed by atoms with E-state index in [4.69, 9.17) is 9.97 Å². The minimum atomic E-state index is -0.376. The van der Waals surface area contributed by atoms with Gasteiger partial charge in [0.05, 0.1) is 11.1 Å². The highest BCUT2D eigenvalue weighted by Gasteiger charge is 2.52. The molecule has 7 rings (SSSR count). The van der Waals surface area contributed by atoms with E-state index in [1.165, 1.54) is 44.5 Å². The highest BCUT2D eigenvalue weighted by molar-refractivity contribution is 5.94. The predicted molar refractivity (Wildman–Crippen MR) is 129 cm³/mol. The number of fused-ring (bicyclic) bond motifs is 10. The van der Waals surface area contributed by atoms with Crippen LogP contribution in [0.3, 0.4) is 0 Å². The van der Waals surface area contributed by atoms with E-state index in [1.807, 2.05) is 18.2 Å². The lowest BCUT2D eigenvalue weighted by Crippen LogP contribution is -2.26. The first-order chi connectivity index (χ1) is 15.8. The number of hydrogen-bond acceptors (Lipinski definition) is 2. The minimum Gasteiger partial charge on any atom is -0.236 e. The van der Waals surface area contributed by atoms with Crippen LogP contribution in [0, 0.1) is 6.92 Å². The van der Waals surface area contributed by atoms with E-state index < -0.39 is 0 Å². The fourth-order valence-electron chi connectivity index (χ4n) is 5.72. The van der Waals surface area contributed by atoms with Crippen LogP contribution in [0.2, 0.25) is 0 Å². The van der Waals surface area contributed by atoms with Crippen molar-refractivity contribution in [2.75, 3.05) is 0 Å². The van der Waals surface area contributed by atoms with Crippen LogP contribution in [0.5, 0.6) is 0 Å². The highest BCUT2D eigenvalue weighted by Crippen LogP contribution is 2.62. The Morgan fingerprint density at radius 3 is 1.97 bits per heavy atom. The van der Waals surface area contributed by atoms with Crippen molar-refractivity contribution >= 4 is 0 Å². The zero-order valence-electron chi connectivity index (χ0n) is 17.7. The number of aryl methyl sites for hydroxylation is 1. The maximum atomic E-state index is 5.15. The van der Waals surface area contributed by atoms with Gasteiger partial charge in [-0.2, -0.15) is 0 Å². The SMILES string of the molecule is Cc1ccc2c(c1)C1(c3ccccc3-c3ccccc31)c1cnc(-c3ccccc3)nc1-2. The largest absolute Gasteiger partial charge is 0.236 e. The molecule has 4 aromatic carbocycles. The van der Waals surface area contributed by atoms with Crippen LogP contribution in [-0.2, 0) is 5.41 Å². The van der Waals surface area contributed by atoms with Crippen molar-refractivity contribution in [3.05, 3.63) is 131 Å². The Morgan fingerprint density at radius 1 is 0.594 bits per heavy atom. The van der Waals surface area contributed by atoms with Crippen molar-refractivity contribution in [1.82, 2.24) is 9.97 Å². The lowest BCUT2D eigenvalue weighted by molar-refractivity contribution is 0.784. The Bertz CT molecular complexity index is 1490. The number of hydrogen-bond donors (Lipinski definition) is 0. The summed E-state index contributed by atoms with van der Waals surface area (Å²) in [5, 5.41) is 0. The highest BCUT2D eigenvalue weighted by atomic mass is 14.9. The van der Waals surface area contributed by atoms with Crippen LogP contribution in [0.25, 0.3) is 33.8 Å². The minimum absolute atomic E-state index is 0.376. The number of benzene rings is 4. The molecule has 0 unspecified atom stereocenters. The van der Waals surface area contributed by atoms with Gasteiger partial charge in [-0.3, -0.25) is 0 Å². The molecule has 150 valence electrons. The monoisotopic (exact) mass is 408 g/mol. The molecule has 0 fully saturated rings. The van der Waals surface area contributed by atoms with E-state index in [2.05, 4.69) is 92.0 Å². The Labute approximate surface area is 187 Å². The topological polar surface area (TPSA) is 25.8 Å². The second kappa shape index (κ2) is 6.24. The van der Waals surface area contributed by atoms with Gasteiger partial charge in [-0.1, -0.05) is 103 Å². The van der Waals surface area contributed by atoms with Gasteiger partial charge in [0.1, 0.15) is 0 Å². The zero-order chi connectivity index (χ0) is 21.3. The Balaban J connectivity index is 1.62. The van der Waals surface area contributed by atoms with Crippen LogP contribution in [0.15, 0.2) is 103 Å². The van der Waals surface area contributed by atoms with E-state index in [0.717, 1.165) is 17.1 Å². The molecule has 2 aliphatic carbocycles. The maximum Gasteiger partial charge on any atom is 0.159 e. The van der Waals surface area contributed by atoms with Crippen LogP contribution in [0.4, 0.5) is 0 Å². The number of aromatic nitrogens is 2. The summed E-state index contributed by atoms with van der Waals surface area (Å²) in [6, 6.07) is 34.6. The number of rotatable bonds is 1. The summed E-state index contributed by atoms with van der Waals surface area (Å²) in [4.78, 5) is 10.0. The van der Waals surface area contributed by atoms with Gasteiger partial charge in [0.2, 0.25) is 0 Å². The van der Waals surface area contributed by atoms with Crippen molar-refractivity contribution in [3.63, 3.8) is 0 Å². The van der Waals surface area contributed by atoms with Crippen molar-refractivity contribution in [3.8, 4) is 33.8 Å². The smallest absolute Gasteiger partial charge is 0.159 e. The van der Waals surface area contributed by atoms with E-state index in [-0.39, 0.29) is 5.41 Å². The Morgan fingerprint density at radius 2 is 1.25 bits per heavy atom. The Hall–Kier alpha value is -4.04. The van der Waals surface area contributed by atoms with Gasteiger partial charge in [-0.25, -0.2) is 9.97 Å². The summed E-state index contributed by atoms with van der Waals surface area (Å²) in [6.45, 7) is 2.17. The van der Waals surface area contributed by atoms with Gasteiger partial charge in [0.25, 0.3) is 0 Å². The molecule has 32 heavy (non-hydrogen) atoms. The van der Waals surface area contributed by atoms with E-state index in [9.17, 15) is 0 Å². The molecule has 0 amide bonds. The first-order valence-corrected chi connectivity index (χ1v) is 11.0. The van der Waals surface area contributed by atoms with Gasteiger partial charge in [-0.15, -0.1) is 0 Å². The molecule has 0 atom stereocenters. The van der Waals surface area contributed by atoms with Gasteiger partial charge in [-0.05, 0) is 34.7 Å². The Kier molecular flexibility index (Phi) is 3.44. The quantitative estimate of drug-likeness (QED) is 0.299. The van der Waals surface area contributed by atoms with E-state index in [1.54, 1.807) is 0 Å². The van der Waals surface area contributed by atoms with Gasteiger partial charge in [0, 0.05) is 22.9 Å². The molecule has 2 nitrogen and oxygen atoms in total. The summed E-state index contributed by atoms with van der Waals surface area (Å²) in [5.74, 6) is 0.771. The average molecular weight is 409 g/mol. The van der Waals surface area contributed by atoms with Crippen molar-refractivity contribution in [2.24, 2.45) is 0 Å². The van der Waals surface area contributed by atoms with Crippen LogP contribution >= 0.6 is 0 Å². The van der Waals surface area contributed by atoms with Crippen molar-refractivity contribution in [1.29, 1.82) is 0 Å². The molecule has 5 aromatic rings. The maximum absolute atomic E-state index is 5.15. The molecule has 0 N–H and O–H groups in total. The van der Waals surface area contributed by atoms with Gasteiger partial charge >= 0.3 is 0 Å². The second-order valence-corrected chi connectivity index (χ2v) is 8.71. The fourth-order valence-corrected chi connectivity index (χ4v) is 5.72. The summed E-state index contributed by atoms with van der Waals surface area (Å²) >= 11 is 0. The van der Waals surface area contributed by atoms with Crippen molar-refractivity contribution in [2.45, 2.75) is 12.3 Å². The van der Waals surface area contributed by atoms with E-state index in [0.29, 0.717) is 0 Å². The van der Waals surface area contributed by atoms with Crippen LogP contribution < -0.4 is 0 Å². The van der Waals surface area contributed by atoms with Crippen LogP contribution in [-0.4, -0.2) is 9.97 Å². The number of nitrogens with zero attached hydrogens (tertiary/aromatic N) is 2. The molecule has 0 saturated carbocycles. The summed E-state index contributed by atoms with van der Waals surface area (Å²) in [5.41, 5.74) is 11.9. The standard InChI is InChI=1S/C30H20N2/c1-19-15-16-23-26(17-19)30(24-13-7-5-11-21(24)22-12-6-8-14-25(22)30)27-18-31-29(32-28(23)27)20-9-3-2-4-10-20/h2-18H,1H3. The molecule has 2 aliphatic rings. The summed E-state index contributed by atoms with van der Waals surface area (Å²) < 4.78 is 0. The molecule has 1 aromatic heterocycles. The summed E-state index contributed by atoms with van der Waals surface area (Å²) in [6.07, 6.45) is 2.07. The third-order valence-electron chi connectivity index (χ3n) is 7.01. The first kappa shape index (κ1) is 17.6. The van der Waals surface area contributed by atoms with Gasteiger partial charge < -0.3 is 0 Å². The molecular weight excluding hydrogens is 388 g/mol. The van der Waals surface area contributed by atoms with Crippen molar-refractivity contribution < 1.29 is 0 Å². The first-order valence-electron chi connectivity index (χ1n) is 11.0. The summed E-state index contributed by atoms with van der Waals surface area (Å²) in [7, 11) is 0. The average Bonchev–Trinajstić information content (AvgIpc) is 3.31. The fraction of sp³-hybridized carbons (Fsp3) is 0.0667. The molecular formula is C30H20N2. The molecule has 0 radical (unpaired) electrons. The molecule has 0 aliphatic heterocycles. The van der Waals surface area contributed by atoms with Gasteiger partial charge in [0.15, 0.2) is 5.82 Å². The lowest BCUT2D eigenvalue weighted by atomic mass is 9.71. The molecule has 1 heterocycles. The zero-order valence-corrected chi connectivity index (χ0v) is 17.7. The molecule has 0 saturated heterocycles. The second-order valence-electron chi connectivity index (χ2n) is 8.71. The van der Waals surface area contributed by atoms with E-state index >= 15 is 0 Å². The normalized spacial score (nSPS) is 14.0. The predicted octanol–water partition coefficient (Wildman–Crippen LogP) is 6.80. The molecule has 1 spiro atoms. The lowest BCUT2D eigenvalue weighted by Gasteiger charge is -2.30.